The van der Waals surface area contributed by atoms with Crippen molar-refractivity contribution < 1.29 is 14.7 Å². The van der Waals surface area contributed by atoms with Gasteiger partial charge in [-0.1, -0.05) is 18.6 Å². The number of imide groups is 1. The highest BCUT2D eigenvalue weighted by Gasteiger charge is 2.50. The number of aliphatic hydroxyl groups is 1. The number of amides is 2. The molecule has 2 aliphatic heterocycles. The van der Waals surface area contributed by atoms with Gasteiger partial charge in [0.2, 0.25) is 11.8 Å². The van der Waals surface area contributed by atoms with E-state index in [0.29, 0.717) is 13.0 Å². The van der Waals surface area contributed by atoms with Crippen LogP contribution in [-0.4, -0.2) is 59.0 Å². The van der Waals surface area contributed by atoms with E-state index in [2.05, 4.69) is 4.90 Å². The van der Waals surface area contributed by atoms with Crippen molar-refractivity contribution in [2.24, 2.45) is 11.8 Å². The number of aliphatic hydroxyl groups excluding tert-OH is 1. The van der Waals surface area contributed by atoms with E-state index in [4.69, 9.17) is 0 Å². The molecule has 116 valence electrons. The molecular weight excluding hydrogens is 268 g/mol. The van der Waals surface area contributed by atoms with Crippen LogP contribution in [0, 0.1) is 11.8 Å². The van der Waals surface area contributed by atoms with Crippen molar-refractivity contribution in [1.82, 2.24) is 9.80 Å². The number of hydrogen-bond donors (Lipinski definition) is 1. The maximum atomic E-state index is 12.3. The Morgan fingerprint density at radius 2 is 1.86 bits per heavy atom. The van der Waals surface area contributed by atoms with E-state index in [1.54, 1.807) is 6.08 Å². The van der Waals surface area contributed by atoms with Crippen LogP contribution >= 0.6 is 0 Å². The van der Waals surface area contributed by atoms with Crippen LogP contribution in [-0.2, 0) is 9.59 Å². The first kappa shape index (κ1) is 14.7. The lowest BCUT2D eigenvalue weighted by atomic mass is 9.83. The van der Waals surface area contributed by atoms with E-state index in [0.717, 1.165) is 26.1 Å². The summed E-state index contributed by atoms with van der Waals surface area (Å²) in [6, 6.07) is 0. The van der Waals surface area contributed by atoms with Gasteiger partial charge in [0, 0.05) is 6.54 Å². The quantitative estimate of drug-likeness (QED) is 0.614. The molecular formula is C16H24N2O3. The van der Waals surface area contributed by atoms with Crippen LogP contribution in [0.3, 0.4) is 0 Å². The number of allylic oxidation sites excluding steroid dienone is 1. The van der Waals surface area contributed by atoms with Crippen LogP contribution < -0.4 is 0 Å². The van der Waals surface area contributed by atoms with Crippen molar-refractivity contribution in [2.45, 2.75) is 38.2 Å². The minimum Gasteiger partial charge on any atom is -0.388 e. The van der Waals surface area contributed by atoms with Crippen molar-refractivity contribution in [3.05, 3.63) is 12.2 Å². The van der Waals surface area contributed by atoms with E-state index in [1.807, 2.05) is 6.08 Å². The third-order valence-electron chi connectivity index (χ3n) is 4.96. The van der Waals surface area contributed by atoms with Gasteiger partial charge in [-0.25, -0.2) is 0 Å². The largest absolute Gasteiger partial charge is 0.388 e. The molecule has 3 atom stereocenters. The summed E-state index contributed by atoms with van der Waals surface area (Å²) in [6.07, 6.45) is 7.89. The van der Waals surface area contributed by atoms with E-state index in [9.17, 15) is 14.7 Å². The Bertz CT molecular complexity index is 443. The molecule has 3 unspecified atom stereocenters. The maximum absolute atomic E-state index is 12.3. The smallest absolute Gasteiger partial charge is 0.236 e. The first-order valence-corrected chi connectivity index (χ1v) is 8.11. The molecule has 3 aliphatic rings. The molecule has 21 heavy (non-hydrogen) atoms. The average Bonchev–Trinajstić information content (AvgIpc) is 2.74. The molecule has 0 aromatic heterocycles. The SMILES string of the molecule is O=C1C2CC=CC(O)C2C(=O)N1CCCN1CCCCC1. The summed E-state index contributed by atoms with van der Waals surface area (Å²) >= 11 is 0. The summed E-state index contributed by atoms with van der Waals surface area (Å²) in [7, 11) is 0. The summed E-state index contributed by atoms with van der Waals surface area (Å²) in [5.74, 6) is -1.16. The fourth-order valence-electron chi connectivity index (χ4n) is 3.79. The van der Waals surface area contributed by atoms with Gasteiger partial charge in [0.1, 0.15) is 0 Å². The minimum absolute atomic E-state index is 0.0907. The van der Waals surface area contributed by atoms with Crippen LogP contribution in [0.4, 0.5) is 0 Å². The summed E-state index contributed by atoms with van der Waals surface area (Å²) < 4.78 is 0. The molecule has 0 aromatic rings. The molecule has 1 aliphatic carbocycles. The Hall–Kier alpha value is -1.20. The molecule has 5 heteroatoms. The summed E-state index contributed by atoms with van der Waals surface area (Å²) in [5.41, 5.74) is 0. The Morgan fingerprint density at radius 1 is 1.10 bits per heavy atom. The normalized spacial score (nSPS) is 33.6. The standard InChI is InChI=1S/C16H24N2O3/c19-13-7-4-6-12-14(13)16(21)18(15(12)20)11-5-10-17-8-2-1-3-9-17/h4,7,12-14,19H,1-3,5-6,8-11H2. The molecule has 2 amide bonds. The van der Waals surface area contributed by atoms with Crippen LogP contribution in [0.15, 0.2) is 12.2 Å². The number of rotatable bonds is 4. The fourth-order valence-corrected chi connectivity index (χ4v) is 3.79. The highest BCUT2D eigenvalue weighted by molar-refractivity contribution is 6.05. The number of fused-ring (bicyclic) bond motifs is 1. The second kappa shape index (κ2) is 6.28. The molecule has 0 saturated carbocycles. The fraction of sp³-hybridized carbons (Fsp3) is 0.750. The molecule has 2 saturated heterocycles. The lowest BCUT2D eigenvalue weighted by Crippen LogP contribution is -2.37. The Balaban J connectivity index is 1.54. The second-order valence-electron chi connectivity index (χ2n) is 6.37. The van der Waals surface area contributed by atoms with Gasteiger partial charge in [-0.3, -0.25) is 14.5 Å². The minimum atomic E-state index is -0.799. The number of piperidine rings is 1. The highest BCUT2D eigenvalue weighted by atomic mass is 16.3. The summed E-state index contributed by atoms with van der Waals surface area (Å²) in [4.78, 5) is 28.5. The zero-order valence-corrected chi connectivity index (χ0v) is 12.4. The van der Waals surface area contributed by atoms with Gasteiger partial charge in [-0.15, -0.1) is 0 Å². The molecule has 0 bridgehead atoms. The van der Waals surface area contributed by atoms with Gasteiger partial charge in [0.05, 0.1) is 17.9 Å². The maximum Gasteiger partial charge on any atom is 0.236 e. The van der Waals surface area contributed by atoms with Crippen molar-refractivity contribution in [1.29, 1.82) is 0 Å². The summed E-state index contributed by atoms with van der Waals surface area (Å²) in [5, 5.41) is 9.92. The first-order chi connectivity index (χ1) is 10.2. The van der Waals surface area contributed by atoms with Gasteiger partial charge >= 0.3 is 0 Å². The van der Waals surface area contributed by atoms with Crippen LogP contribution in [0.1, 0.15) is 32.1 Å². The predicted molar refractivity (Wildman–Crippen MR) is 78.4 cm³/mol. The van der Waals surface area contributed by atoms with Crippen LogP contribution in [0.2, 0.25) is 0 Å². The molecule has 0 spiro atoms. The van der Waals surface area contributed by atoms with Gasteiger partial charge in [-0.05, 0) is 45.3 Å². The van der Waals surface area contributed by atoms with E-state index < -0.39 is 12.0 Å². The summed E-state index contributed by atoms with van der Waals surface area (Å²) in [6.45, 7) is 3.71. The molecule has 1 N–H and O–H groups in total. The van der Waals surface area contributed by atoms with E-state index in [1.165, 1.54) is 24.2 Å². The topological polar surface area (TPSA) is 60.9 Å². The monoisotopic (exact) mass is 292 g/mol. The Morgan fingerprint density at radius 3 is 2.57 bits per heavy atom. The van der Waals surface area contributed by atoms with E-state index >= 15 is 0 Å². The number of hydrogen-bond acceptors (Lipinski definition) is 4. The Labute approximate surface area is 125 Å². The molecule has 3 rings (SSSR count). The molecule has 0 aromatic carbocycles. The third kappa shape index (κ3) is 2.90. The van der Waals surface area contributed by atoms with Gasteiger partial charge in [0.15, 0.2) is 0 Å². The average molecular weight is 292 g/mol. The Kier molecular flexibility index (Phi) is 4.40. The second-order valence-corrected chi connectivity index (χ2v) is 6.37. The van der Waals surface area contributed by atoms with Crippen molar-refractivity contribution in [3.63, 3.8) is 0 Å². The van der Waals surface area contributed by atoms with E-state index in [-0.39, 0.29) is 17.7 Å². The van der Waals surface area contributed by atoms with Gasteiger partial charge in [-0.2, -0.15) is 0 Å². The van der Waals surface area contributed by atoms with Crippen molar-refractivity contribution in [3.8, 4) is 0 Å². The van der Waals surface area contributed by atoms with Crippen molar-refractivity contribution >= 4 is 11.8 Å². The zero-order chi connectivity index (χ0) is 14.8. The van der Waals surface area contributed by atoms with Gasteiger partial charge < -0.3 is 10.0 Å². The molecule has 2 heterocycles. The zero-order valence-electron chi connectivity index (χ0n) is 12.4. The van der Waals surface area contributed by atoms with Crippen LogP contribution in [0.5, 0.6) is 0 Å². The first-order valence-electron chi connectivity index (χ1n) is 8.11. The van der Waals surface area contributed by atoms with Gasteiger partial charge in [0.25, 0.3) is 0 Å². The molecule has 5 nitrogen and oxygen atoms in total. The predicted octanol–water partition coefficient (Wildman–Crippen LogP) is 0.784. The van der Waals surface area contributed by atoms with Crippen LogP contribution in [0.25, 0.3) is 0 Å². The lowest BCUT2D eigenvalue weighted by Gasteiger charge is -2.27. The number of likely N-dealkylation sites (tertiary alicyclic amines) is 2. The molecule has 2 fully saturated rings. The lowest BCUT2D eigenvalue weighted by molar-refractivity contribution is -0.140. The van der Waals surface area contributed by atoms with Crippen molar-refractivity contribution in [2.75, 3.05) is 26.2 Å². The number of nitrogens with zero attached hydrogens (tertiary/aromatic N) is 2. The number of carbonyl (C=O) groups excluding carboxylic acids is 2. The third-order valence-corrected chi connectivity index (χ3v) is 4.96. The number of carbonyl (C=O) groups is 2. The molecule has 0 radical (unpaired) electrons. The highest BCUT2D eigenvalue weighted by Crippen LogP contribution is 2.35.